The Morgan fingerprint density at radius 1 is 0.840 bits per heavy atom. The van der Waals surface area contributed by atoms with Crippen molar-refractivity contribution in [2.24, 2.45) is 5.73 Å². The molecule has 0 aromatic carbocycles. The van der Waals surface area contributed by atoms with Crippen LogP contribution in [0, 0.1) is 0 Å². The minimum atomic E-state index is -0.825. The molecule has 0 aliphatic carbocycles. The van der Waals surface area contributed by atoms with Crippen molar-refractivity contribution in [3.63, 3.8) is 0 Å². The third kappa shape index (κ3) is 10.6. The summed E-state index contributed by atoms with van der Waals surface area (Å²) >= 11 is 7.79. The first-order chi connectivity index (χ1) is 11.7. The van der Waals surface area contributed by atoms with Crippen LogP contribution in [-0.2, 0) is 24.0 Å². The summed E-state index contributed by atoms with van der Waals surface area (Å²) in [4.78, 5) is 57.1. The summed E-state index contributed by atoms with van der Waals surface area (Å²) in [6.45, 7) is 0.261. The number of carbonyl (C=O) groups excluding carboxylic acids is 5. The summed E-state index contributed by atoms with van der Waals surface area (Å²) in [6.07, 6.45) is 0. The van der Waals surface area contributed by atoms with Gasteiger partial charge in [-0.05, 0) is 6.92 Å². The van der Waals surface area contributed by atoms with E-state index in [1.807, 2.05) is 0 Å². The minimum Gasteiger partial charge on any atom is -0.346 e. The SMILES string of the molecule is CC(=O)C(CS)NC(=O)CNC(=O)CNC(=O)CNC(=O)C(N)CS. The predicted octanol–water partition coefficient (Wildman–Crippen LogP) is -3.40. The molecule has 0 fully saturated rings. The topological polar surface area (TPSA) is 159 Å². The lowest BCUT2D eigenvalue weighted by Crippen LogP contribution is -2.48. The number of hydrogen-bond donors (Lipinski definition) is 7. The van der Waals surface area contributed by atoms with Gasteiger partial charge in [-0.15, -0.1) is 0 Å². The van der Waals surface area contributed by atoms with Gasteiger partial charge < -0.3 is 27.0 Å². The van der Waals surface area contributed by atoms with Crippen molar-refractivity contribution >= 4 is 54.7 Å². The van der Waals surface area contributed by atoms with E-state index in [1.165, 1.54) is 6.92 Å². The van der Waals surface area contributed by atoms with Gasteiger partial charge in [0.1, 0.15) is 0 Å². The number of thiol groups is 2. The van der Waals surface area contributed by atoms with Crippen molar-refractivity contribution in [2.45, 2.75) is 19.0 Å². The number of rotatable bonds is 11. The van der Waals surface area contributed by atoms with E-state index >= 15 is 0 Å². The van der Waals surface area contributed by atoms with E-state index in [4.69, 9.17) is 5.73 Å². The van der Waals surface area contributed by atoms with Crippen LogP contribution in [0.2, 0.25) is 0 Å². The van der Waals surface area contributed by atoms with Crippen molar-refractivity contribution in [3.8, 4) is 0 Å². The van der Waals surface area contributed by atoms with Crippen molar-refractivity contribution in [3.05, 3.63) is 0 Å². The molecule has 142 valence electrons. The van der Waals surface area contributed by atoms with Crippen LogP contribution in [0.4, 0.5) is 0 Å². The van der Waals surface area contributed by atoms with Crippen molar-refractivity contribution in [1.29, 1.82) is 0 Å². The second-order valence-corrected chi connectivity index (χ2v) is 5.70. The van der Waals surface area contributed by atoms with Crippen LogP contribution in [-0.4, -0.2) is 72.6 Å². The van der Waals surface area contributed by atoms with Crippen LogP contribution in [0.5, 0.6) is 0 Å². The van der Waals surface area contributed by atoms with E-state index < -0.39 is 35.7 Å². The Kier molecular flexibility index (Phi) is 11.7. The average molecular weight is 393 g/mol. The van der Waals surface area contributed by atoms with E-state index in [2.05, 4.69) is 46.5 Å². The molecule has 0 saturated heterocycles. The van der Waals surface area contributed by atoms with E-state index in [-0.39, 0.29) is 36.9 Å². The Morgan fingerprint density at radius 3 is 1.76 bits per heavy atom. The zero-order valence-electron chi connectivity index (χ0n) is 13.7. The fraction of sp³-hybridized carbons (Fsp3) is 0.615. The van der Waals surface area contributed by atoms with Gasteiger partial charge in [-0.25, -0.2) is 0 Å². The van der Waals surface area contributed by atoms with Gasteiger partial charge in [-0.2, -0.15) is 25.3 Å². The number of Topliss-reactive ketones (excluding diaryl/α,β-unsaturated/α-hetero) is 1. The largest absolute Gasteiger partial charge is 0.346 e. The van der Waals surface area contributed by atoms with Gasteiger partial charge in [0.15, 0.2) is 5.78 Å². The zero-order valence-corrected chi connectivity index (χ0v) is 15.5. The lowest BCUT2D eigenvalue weighted by molar-refractivity contribution is -0.129. The van der Waals surface area contributed by atoms with Crippen LogP contribution < -0.4 is 27.0 Å². The minimum absolute atomic E-state index is 0.135. The summed E-state index contributed by atoms with van der Waals surface area (Å²) in [6, 6.07) is -1.55. The predicted molar refractivity (Wildman–Crippen MR) is 97.3 cm³/mol. The summed E-state index contributed by atoms with van der Waals surface area (Å²) in [7, 11) is 0. The molecule has 0 aromatic rings. The molecule has 0 aliphatic heterocycles. The molecular formula is C13H23N5O5S2. The number of amides is 4. The Balaban J connectivity index is 4.00. The first-order valence-corrected chi connectivity index (χ1v) is 8.56. The van der Waals surface area contributed by atoms with E-state index in [0.29, 0.717) is 0 Å². The summed E-state index contributed by atoms with van der Waals surface area (Å²) in [5.74, 6) is -2.25. The molecule has 0 radical (unpaired) electrons. The molecule has 0 rings (SSSR count). The average Bonchev–Trinajstić information content (AvgIpc) is 2.59. The van der Waals surface area contributed by atoms with E-state index in [0.717, 1.165) is 0 Å². The lowest BCUT2D eigenvalue weighted by atomic mass is 10.2. The maximum absolute atomic E-state index is 11.6. The van der Waals surface area contributed by atoms with Crippen LogP contribution >= 0.6 is 25.3 Å². The van der Waals surface area contributed by atoms with E-state index in [9.17, 15) is 24.0 Å². The molecule has 4 amide bonds. The second kappa shape index (κ2) is 12.6. The highest BCUT2D eigenvalue weighted by Crippen LogP contribution is 1.89. The van der Waals surface area contributed by atoms with Gasteiger partial charge >= 0.3 is 0 Å². The highest BCUT2D eigenvalue weighted by molar-refractivity contribution is 7.80. The second-order valence-electron chi connectivity index (χ2n) is 4.97. The number of nitrogens with one attached hydrogen (secondary N) is 4. The molecule has 10 nitrogen and oxygen atoms in total. The standard InChI is InChI=1S/C13H23N5O5S2/c1-7(19)9(6-25)18-12(22)4-16-10(20)2-15-11(21)3-17-13(23)8(14)5-24/h8-9,24-25H,2-6,14H2,1H3,(H,15,21)(H,16,20)(H,17,23)(H,18,22). The van der Waals surface area contributed by atoms with Gasteiger partial charge in [-0.3, -0.25) is 24.0 Å². The third-order valence-electron chi connectivity index (χ3n) is 2.86. The van der Waals surface area contributed by atoms with Gasteiger partial charge in [0, 0.05) is 11.5 Å². The fourth-order valence-electron chi connectivity index (χ4n) is 1.39. The normalized spacial score (nSPS) is 12.5. The zero-order chi connectivity index (χ0) is 19.4. The Labute approximate surface area is 156 Å². The first kappa shape index (κ1) is 23.2. The lowest BCUT2D eigenvalue weighted by Gasteiger charge is -2.13. The van der Waals surface area contributed by atoms with Crippen LogP contribution in [0.3, 0.4) is 0 Å². The number of ketones is 1. The maximum Gasteiger partial charge on any atom is 0.240 e. The molecule has 0 saturated carbocycles. The molecular weight excluding hydrogens is 370 g/mol. The number of carbonyl (C=O) groups is 5. The van der Waals surface area contributed by atoms with Gasteiger partial charge in [0.25, 0.3) is 0 Å². The highest BCUT2D eigenvalue weighted by atomic mass is 32.1. The van der Waals surface area contributed by atoms with E-state index in [1.54, 1.807) is 0 Å². The fourth-order valence-corrected chi connectivity index (χ4v) is 1.90. The van der Waals surface area contributed by atoms with Gasteiger partial charge in [0.05, 0.1) is 31.7 Å². The summed E-state index contributed by atoms with van der Waals surface area (Å²) in [5.41, 5.74) is 5.41. The molecule has 25 heavy (non-hydrogen) atoms. The van der Waals surface area contributed by atoms with Crippen molar-refractivity contribution in [1.82, 2.24) is 21.3 Å². The summed E-state index contributed by atoms with van der Waals surface area (Å²) < 4.78 is 0. The number of hydrogen-bond acceptors (Lipinski definition) is 8. The maximum atomic E-state index is 11.6. The van der Waals surface area contributed by atoms with Gasteiger partial charge in [-0.1, -0.05) is 0 Å². The molecule has 0 spiro atoms. The molecule has 2 atom stereocenters. The Hall–Kier alpha value is -1.79. The quantitative estimate of drug-likeness (QED) is 0.181. The van der Waals surface area contributed by atoms with Crippen molar-refractivity contribution < 1.29 is 24.0 Å². The Bertz CT molecular complexity index is 517. The number of nitrogens with two attached hydrogens (primary N) is 1. The smallest absolute Gasteiger partial charge is 0.240 e. The summed E-state index contributed by atoms with van der Waals surface area (Å²) in [5, 5.41) is 9.23. The van der Waals surface area contributed by atoms with Gasteiger partial charge in [0.2, 0.25) is 23.6 Å². The monoisotopic (exact) mass is 393 g/mol. The molecule has 0 bridgehead atoms. The van der Waals surface area contributed by atoms with Crippen LogP contribution in [0.15, 0.2) is 0 Å². The van der Waals surface area contributed by atoms with Crippen molar-refractivity contribution in [2.75, 3.05) is 31.1 Å². The Morgan fingerprint density at radius 2 is 1.32 bits per heavy atom. The van der Waals surface area contributed by atoms with Crippen LogP contribution in [0.25, 0.3) is 0 Å². The first-order valence-electron chi connectivity index (χ1n) is 7.29. The molecule has 0 aliphatic rings. The highest BCUT2D eigenvalue weighted by Gasteiger charge is 2.16. The molecule has 0 heterocycles. The third-order valence-corrected chi connectivity index (χ3v) is 3.62. The molecule has 6 N–H and O–H groups in total. The van der Waals surface area contributed by atoms with Crippen LogP contribution in [0.1, 0.15) is 6.92 Å². The molecule has 2 unspecified atom stereocenters. The molecule has 0 aromatic heterocycles. The molecule has 12 heteroatoms.